The maximum absolute atomic E-state index is 9.74. The van der Waals surface area contributed by atoms with Crippen LogP contribution in [-0.4, -0.2) is 58.8 Å². The Balaban J connectivity index is 1.54. The summed E-state index contributed by atoms with van der Waals surface area (Å²) in [5.41, 5.74) is 4.05. The summed E-state index contributed by atoms with van der Waals surface area (Å²) in [6.45, 7) is 5.37. The van der Waals surface area contributed by atoms with E-state index in [1.54, 1.807) is 6.20 Å². The lowest BCUT2D eigenvalue weighted by Crippen LogP contribution is -2.34. The fourth-order valence-electron chi connectivity index (χ4n) is 4.36. The highest BCUT2D eigenvalue weighted by Gasteiger charge is 2.24. The van der Waals surface area contributed by atoms with Gasteiger partial charge in [-0.25, -0.2) is 9.97 Å². The molecular weight excluding hydrogens is 414 g/mol. The first-order chi connectivity index (χ1) is 16.1. The van der Waals surface area contributed by atoms with E-state index in [1.807, 2.05) is 50.3 Å². The number of nitrogens with zero attached hydrogens (tertiary/aromatic N) is 5. The highest BCUT2D eigenvalue weighted by atomic mass is 16.5. The number of anilines is 1. The highest BCUT2D eigenvalue weighted by Crippen LogP contribution is 2.30. The molecule has 0 radical (unpaired) electrons. The summed E-state index contributed by atoms with van der Waals surface area (Å²) in [6.07, 6.45) is 5.81. The monoisotopic (exact) mass is 447 g/mol. The molecule has 7 nitrogen and oxygen atoms in total. The molecule has 1 aliphatic rings. The molecule has 1 saturated heterocycles. The lowest BCUT2D eigenvalue weighted by Gasteiger charge is -2.33. The predicted octanol–water partition coefficient (Wildman–Crippen LogP) is 3.88. The van der Waals surface area contributed by atoms with Crippen LogP contribution in [0.4, 0.5) is 5.82 Å². The average Bonchev–Trinajstić information content (AvgIpc) is 2.85. The maximum atomic E-state index is 9.74. The van der Waals surface area contributed by atoms with Crippen molar-refractivity contribution >= 4 is 5.82 Å². The SMILES string of the molecule is CCOc1ccc(CN2CCC[C@H](c3cc(N(C)C)nc(-c4cccnc4)n3)C2)cc1CO. The normalized spacial score (nSPS) is 16.5. The second-order valence-corrected chi connectivity index (χ2v) is 8.72. The fourth-order valence-corrected chi connectivity index (χ4v) is 4.36. The second-order valence-electron chi connectivity index (χ2n) is 8.72. The average molecular weight is 448 g/mol. The van der Waals surface area contributed by atoms with E-state index < -0.39 is 0 Å². The number of hydrogen-bond acceptors (Lipinski definition) is 7. The van der Waals surface area contributed by atoms with Gasteiger partial charge in [-0.05, 0) is 56.1 Å². The van der Waals surface area contributed by atoms with E-state index in [9.17, 15) is 5.11 Å². The first-order valence-electron chi connectivity index (χ1n) is 11.6. The summed E-state index contributed by atoms with van der Waals surface area (Å²) < 4.78 is 5.63. The molecule has 0 spiro atoms. The van der Waals surface area contributed by atoms with Crippen LogP contribution in [0.3, 0.4) is 0 Å². The Labute approximate surface area is 196 Å². The molecule has 3 aromatic rings. The molecule has 7 heteroatoms. The molecule has 1 atom stereocenters. The van der Waals surface area contributed by atoms with Crippen molar-refractivity contribution in [1.29, 1.82) is 0 Å². The number of benzene rings is 1. The number of pyridine rings is 1. The lowest BCUT2D eigenvalue weighted by molar-refractivity contribution is 0.198. The van der Waals surface area contributed by atoms with Crippen LogP contribution in [0.15, 0.2) is 48.8 Å². The quantitative estimate of drug-likeness (QED) is 0.562. The molecule has 0 saturated carbocycles. The zero-order chi connectivity index (χ0) is 23.2. The van der Waals surface area contributed by atoms with Crippen molar-refractivity contribution in [2.75, 3.05) is 38.7 Å². The number of piperidine rings is 1. The number of likely N-dealkylation sites (tertiary alicyclic amines) is 1. The largest absolute Gasteiger partial charge is 0.494 e. The second kappa shape index (κ2) is 10.7. The molecule has 1 fully saturated rings. The van der Waals surface area contributed by atoms with E-state index in [4.69, 9.17) is 14.7 Å². The van der Waals surface area contributed by atoms with Gasteiger partial charge in [-0.15, -0.1) is 0 Å². The van der Waals surface area contributed by atoms with Gasteiger partial charge in [0.25, 0.3) is 0 Å². The topological polar surface area (TPSA) is 74.6 Å². The summed E-state index contributed by atoms with van der Waals surface area (Å²) in [5, 5.41) is 9.74. The third kappa shape index (κ3) is 5.67. The Bertz CT molecular complexity index is 1060. The zero-order valence-corrected chi connectivity index (χ0v) is 19.7. The van der Waals surface area contributed by atoms with Crippen LogP contribution in [0.1, 0.15) is 42.5 Å². The Morgan fingerprint density at radius 1 is 1.18 bits per heavy atom. The molecule has 174 valence electrons. The predicted molar refractivity (Wildman–Crippen MR) is 130 cm³/mol. The van der Waals surface area contributed by atoms with Crippen molar-refractivity contribution in [2.45, 2.75) is 38.8 Å². The summed E-state index contributed by atoms with van der Waals surface area (Å²) in [7, 11) is 4.02. The number of aliphatic hydroxyl groups excluding tert-OH is 1. The van der Waals surface area contributed by atoms with Crippen LogP contribution < -0.4 is 9.64 Å². The molecule has 1 aromatic carbocycles. The van der Waals surface area contributed by atoms with E-state index in [1.165, 1.54) is 5.56 Å². The van der Waals surface area contributed by atoms with Gasteiger partial charge in [0.15, 0.2) is 5.82 Å². The van der Waals surface area contributed by atoms with E-state index in [0.717, 1.165) is 66.7 Å². The van der Waals surface area contributed by atoms with Gasteiger partial charge in [-0.1, -0.05) is 6.07 Å². The van der Waals surface area contributed by atoms with Crippen molar-refractivity contribution in [3.63, 3.8) is 0 Å². The van der Waals surface area contributed by atoms with Crippen LogP contribution in [0, 0.1) is 0 Å². The Kier molecular flexibility index (Phi) is 7.52. The number of ether oxygens (including phenoxy) is 1. The minimum absolute atomic E-state index is 0.0167. The van der Waals surface area contributed by atoms with Crippen LogP contribution >= 0.6 is 0 Å². The molecule has 2 aromatic heterocycles. The van der Waals surface area contributed by atoms with Gasteiger partial charge in [0.2, 0.25) is 0 Å². The van der Waals surface area contributed by atoms with Gasteiger partial charge in [0.1, 0.15) is 11.6 Å². The van der Waals surface area contributed by atoms with Gasteiger partial charge in [0.05, 0.1) is 18.9 Å². The van der Waals surface area contributed by atoms with Gasteiger partial charge in [-0.3, -0.25) is 9.88 Å². The van der Waals surface area contributed by atoms with E-state index >= 15 is 0 Å². The molecular formula is C26H33N5O2. The number of aromatic nitrogens is 3. The maximum Gasteiger partial charge on any atom is 0.163 e. The highest BCUT2D eigenvalue weighted by molar-refractivity contribution is 5.56. The van der Waals surface area contributed by atoms with E-state index in [2.05, 4.69) is 28.1 Å². The van der Waals surface area contributed by atoms with Gasteiger partial charge in [0, 0.05) is 62.7 Å². The fraction of sp³-hybridized carbons (Fsp3) is 0.423. The van der Waals surface area contributed by atoms with E-state index in [0.29, 0.717) is 12.5 Å². The van der Waals surface area contributed by atoms with Crippen molar-refractivity contribution in [3.05, 3.63) is 65.6 Å². The molecule has 1 aliphatic heterocycles. The molecule has 0 bridgehead atoms. The zero-order valence-electron chi connectivity index (χ0n) is 19.7. The number of rotatable bonds is 8. The summed E-state index contributed by atoms with van der Waals surface area (Å²) in [5.74, 6) is 2.74. The molecule has 0 unspecified atom stereocenters. The Morgan fingerprint density at radius 2 is 2.06 bits per heavy atom. The summed E-state index contributed by atoms with van der Waals surface area (Å²) in [6, 6.07) is 12.2. The molecule has 3 heterocycles. The first-order valence-corrected chi connectivity index (χ1v) is 11.6. The molecule has 33 heavy (non-hydrogen) atoms. The van der Waals surface area contributed by atoms with Crippen LogP contribution in [0.2, 0.25) is 0 Å². The van der Waals surface area contributed by atoms with Crippen molar-refractivity contribution < 1.29 is 9.84 Å². The minimum atomic E-state index is -0.0167. The molecule has 1 N–H and O–H groups in total. The summed E-state index contributed by atoms with van der Waals surface area (Å²) >= 11 is 0. The molecule has 0 aliphatic carbocycles. The van der Waals surface area contributed by atoms with Crippen molar-refractivity contribution in [3.8, 4) is 17.1 Å². The van der Waals surface area contributed by atoms with Crippen LogP contribution in [-0.2, 0) is 13.2 Å². The summed E-state index contributed by atoms with van der Waals surface area (Å²) in [4.78, 5) is 18.5. The lowest BCUT2D eigenvalue weighted by atomic mass is 9.93. The Hall–Kier alpha value is -3.03. The molecule has 4 rings (SSSR count). The van der Waals surface area contributed by atoms with Gasteiger partial charge >= 0.3 is 0 Å². The number of hydrogen-bond donors (Lipinski definition) is 1. The third-order valence-electron chi connectivity index (χ3n) is 6.04. The van der Waals surface area contributed by atoms with Crippen LogP contribution in [0.25, 0.3) is 11.4 Å². The molecule has 0 amide bonds. The third-order valence-corrected chi connectivity index (χ3v) is 6.04. The number of aliphatic hydroxyl groups is 1. The standard InChI is InChI=1S/C26H33N5O2/c1-4-33-24-10-9-19(13-22(24)18-32)16-31-12-6-8-21(17-31)23-14-25(30(2)3)29-26(28-23)20-7-5-11-27-15-20/h5,7,9-11,13-15,21,32H,4,6,8,12,16-18H2,1-3H3/t21-/m0/s1. The van der Waals surface area contributed by atoms with Crippen molar-refractivity contribution in [2.24, 2.45) is 0 Å². The van der Waals surface area contributed by atoms with Crippen molar-refractivity contribution in [1.82, 2.24) is 19.9 Å². The minimum Gasteiger partial charge on any atom is -0.494 e. The smallest absolute Gasteiger partial charge is 0.163 e. The first kappa shape index (κ1) is 23.1. The Morgan fingerprint density at radius 3 is 2.79 bits per heavy atom. The van der Waals surface area contributed by atoms with Gasteiger partial charge < -0.3 is 14.7 Å². The van der Waals surface area contributed by atoms with Gasteiger partial charge in [-0.2, -0.15) is 0 Å². The van der Waals surface area contributed by atoms with Crippen LogP contribution in [0.5, 0.6) is 5.75 Å². The van der Waals surface area contributed by atoms with E-state index in [-0.39, 0.29) is 6.61 Å².